The Morgan fingerprint density at radius 1 is 1.16 bits per heavy atom. The molecule has 0 spiro atoms. The van der Waals surface area contributed by atoms with Crippen molar-refractivity contribution in [2.75, 3.05) is 31.3 Å². The van der Waals surface area contributed by atoms with Gasteiger partial charge < -0.3 is 20.5 Å². The lowest BCUT2D eigenvalue weighted by molar-refractivity contribution is -0.112. The van der Waals surface area contributed by atoms with E-state index in [-0.39, 0.29) is 42.0 Å². The Bertz CT molecular complexity index is 1460. The molecular formula is C34H42FN5O3. The summed E-state index contributed by atoms with van der Waals surface area (Å²) in [6.07, 6.45) is 11.5. The lowest BCUT2D eigenvalue weighted by atomic mass is 9.83. The third-order valence-corrected chi connectivity index (χ3v) is 8.02. The fourth-order valence-corrected chi connectivity index (χ4v) is 5.69. The number of amides is 1. The summed E-state index contributed by atoms with van der Waals surface area (Å²) < 4.78 is 20.1. The lowest BCUT2D eigenvalue weighted by Crippen LogP contribution is -2.61. The first-order valence-electron chi connectivity index (χ1n) is 14.8. The largest absolute Gasteiger partial charge is 0.490 e. The summed E-state index contributed by atoms with van der Waals surface area (Å²) in [5.74, 6) is 0.174. The number of carbonyl (C=O) groups is 1. The van der Waals surface area contributed by atoms with Gasteiger partial charge in [-0.25, -0.2) is 4.39 Å². The van der Waals surface area contributed by atoms with Crippen LogP contribution in [-0.4, -0.2) is 61.2 Å². The minimum Gasteiger partial charge on any atom is -0.490 e. The second-order valence-corrected chi connectivity index (χ2v) is 11.9. The zero-order chi connectivity index (χ0) is 30.7. The summed E-state index contributed by atoms with van der Waals surface area (Å²) in [7, 11) is 3.66. The first-order chi connectivity index (χ1) is 20.6. The normalized spacial score (nSPS) is 23.8. The second kappa shape index (κ2) is 13.3. The number of aryl methyl sites for hydroxylation is 1. The number of carbonyl (C=O) groups excluding carboxylic acids is 1. The first kappa shape index (κ1) is 30.7. The van der Waals surface area contributed by atoms with E-state index in [9.17, 15) is 14.3 Å². The van der Waals surface area contributed by atoms with Gasteiger partial charge in [0.2, 0.25) is 0 Å². The van der Waals surface area contributed by atoms with Gasteiger partial charge in [-0.2, -0.15) is 0 Å². The summed E-state index contributed by atoms with van der Waals surface area (Å²) in [4.78, 5) is 14.8. The number of aliphatic hydroxyl groups is 1. The topological polar surface area (TPSA) is 97.9 Å². The molecule has 1 heterocycles. The number of rotatable bonds is 9. The van der Waals surface area contributed by atoms with E-state index in [1.807, 2.05) is 71.3 Å². The van der Waals surface area contributed by atoms with Gasteiger partial charge in [-0.05, 0) is 76.7 Å². The molecule has 8 nitrogen and oxygen atoms in total. The highest BCUT2D eigenvalue weighted by Gasteiger charge is 2.34. The fraction of sp³-hybridized carbons (Fsp3) is 0.382. The third-order valence-electron chi connectivity index (χ3n) is 8.02. The van der Waals surface area contributed by atoms with Gasteiger partial charge in [-0.3, -0.25) is 20.3 Å². The number of benzene rings is 2. The molecule has 2 aromatic carbocycles. The van der Waals surface area contributed by atoms with Gasteiger partial charge in [0.25, 0.3) is 5.91 Å². The minimum absolute atomic E-state index is 0.0202. The standard InChI is InChI=1S/C34H42FN5O3/c1-20(2)43-30-17-25(35)14-16-27(30)28-8-6-7-24-19-36-34(39-31(24)28)37-26-15-9-21(3)29(18-26)38-32(41)22-10-12-23(13-11-22)33(42)40(4)5/h6-12,14-18,20,23-24,31,33-34,36-37,39,42H,13,19H2,1-5H3,(H,38,41)/t23?,24?,31?,33?,34-/m1/s1. The van der Waals surface area contributed by atoms with E-state index in [2.05, 4.69) is 33.4 Å². The van der Waals surface area contributed by atoms with Crippen molar-refractivity contribution in [2.24, 2.45) is 11.8 Å². The predicted molar refractivity (Wildman–Crippen MR) is 170 cm³/mol. The molecule has 228 valence electrons. The van der Waals surface area contributed by atoms with Crippen molar-refractivity contribution in [3.8, 4) is 5.75 Å². The van der Waals surface area contributed by atoms with Crippen molar-refractivity contribution in [3.63, 3.8) is 0 Å². The Labute approximate surface area is 253 Å². The van der Waals surface area contributed by atoms with Crippen LogP contribution in [0, 0.1) is 24.6 Å². The maximum Gasteiger partial charge on any atom is 0.255 e. The molecule has 2 aliphatic carbocycles. The Morgan fingerprint density at radius 2 is 1.98 bits per heavy atom. The van der Waals surface area contributed by atoms with Crippen LogP contribution in [0.25, 0.3) is 5.57 Å². The average Bonchev–Trinajstić information content (AvgIpc) is 2.98. The summed E-state index contributed by atoms with van der Waals surface area (Å²) >= 11 is 0. The van der Waals surface area contributed by atoms with Crippen molar-refractivity contribution in [3.05, 3.63) is 95.4 Å². The van der Waals surface area contributed by atoms with E-state index in [0.717, 1.165) is 34.6 Å². The zero-order valence-electron chi connectivity index (χ0n) is 25.4. The smallest absolute Gasteiger partial charge is 0.255 e. The number of ether oxygens (including phenoxy) is 1. The number of aliphatic hydroxyl groups excluding tert-OH is 1. The summed E-state index contributed by atoms with van der Waals surface area (Å²) in [5.41, 5.74) is 5.00. The van der Waals surface area contributed by atoms with Gasteiger partial charge >= 0.3 is 0 Å². The zero-order valence-corrected chi connectivity index (χ0v) is 25.4. The maximum absolute atomic E-state index is 14.1. The number of halogens is 1. The average molecular weight is 588 g/mol. The van der Waals surface area contributed by atoms with Crippen molar-refractivity contribution in [2.45, 2.75) is 51.9 Å². The highest BCUT2D eigenvalue weighted by molar-refractivity contribution is 6.06. The van der Waals surface area contributed by atoms with Crippen LogP contribution in [0.1, 0.15) is 31.4 Å². The summed E-state index contributed by atoms with van der Waals surface area (Å²) in [6.45, 7) is 6.57. The van der Waals surface area contributed by atoms with Crippen molar-refractivity contribution >= 4 is 22.9 Å². The summed E-state index contributed by atoms with van der Waals surface area (Å²) in [5, 5.41) is 24.1. The molecule has 3 aliphatic rings. The van der Waals surface area contributed by atoms with Gasteiger partial charge in [-0.1, -0.05) is 42.5 Å². The van der Waals surface area contributed by atoms with E-state index in [1.54, 1.807) is 17.0 Å². The van der Waals surface area contributed by atoms with Crippen molar-refractivity contribution in [1.82, 2.24) is 15.5 Å². The van der Waals surface area contributed by atoms with Crippen molar-refractivity contribution < 1.29 is 19.0 Å². The van der Waals surface area contributed by atoms with E-state index in [4.69, 9.17) is 4.74 Å². The molecule has 0 aromatic heterocycles. The molecule has 0 bridgehead atoms. The number of nitrogens with one attached hydrogen (secondary N) is 4. The molecule has 5 atom stereocenters. The van der Waals surface area contributed by atoms with Gasteiger partial charge in [0.15, 0.2) is 0 Å². The second-order valence-electron chi connectivity index (χ2n) is 11.9. The third kappa shape index (κ3) is 7.25. The van der Waals surface area contributed by atoms with Crippen LogP contribution in [0.15, 0.2) is 78.4 Å². The van der Waals surface area contributed by atoms with Crippen LogP contribution < -0.4 is 26.0 Å². The molecule has 1 amide bonds. The van der Waals surface area contributed by atoms with Gasteiger partial charge in [0.1, 0.15) is 24.1 Å². The van der Waals surface area contributed by atoms with Gasteiger partial charge in [0.05, 0.1) is 6.10 Å². The monoisotopic (exact) mass is 587 g/mol. The Kier molecular flexibility index (Phi) is 9.46. The number of nitrogens with zero attached hydrogens (tertiary/aromatic N) is 1. The quantitative estimate of drug-likeness (QED) is 0.270. The molecule has 5 N–H and O–H groups in total. The molecule has 1 fully saturated rings. The van der Waals surface area contributed by atoms with Gasteiger partial charge in [-0.15, -0.1) is 0 Å². The molecule has 2 aromatic rings. The highest BCUT2D eigenvalue weighted by Crippen LogP contribution is 2.36. The van der Waals surface area contributed by atoms with Crippen LogP contribution in [0.5, 0.6) is 5.75 Å². The number of fused-ring (bicyclic) bond motifs is 1. The van der Waals surface area contributed by atoms with Crippen molar-refractivity contribution in [1.29, 1.82) is 0 Å². The molecule has 43 heavy (non-hydrogen) atoms. The Balaban J connectivity index is 1.27. The van der Waals surface area contributed by atoms with E-state index in [1.165, 1.54) is 12.1 Å². The van der Waals surface area contributed by atoms with Gasteiger partial charge in [0, 0.05) is 53.0 Å². The number of hydrogen-bond donors (Lipinski definition) is 5. The van der Waals surface area contributed by atoms with Crippen LogP contribution in [0.3, 0.4) is 0 Å². The molecule has 0 radical (unpaired) electrons. The van der Waals surface area contributed by atoms with Crippen LogP contribution in [0.2, 0.25) is 0 Å². The molecule has 5 rings (SSSR count). The number of anilines is 2. The molecule has 9 heteroatoms. The first-order valence-corrected chi connectivity index (χ1v) is 14.8. The fourth-order valence-electron chi connectivity index (χ4n) is 5.69. The van der Waals surface area contributed by atoms with Crippen LogP contribution >= 0.6 is 0 Å². The molecular weight excluding hydrogens is 545 g/mol. The lowest BCUT2D eigenvalue weighted by Gasteiger charge is -2.40. The highest BCUT2D eigenvalue weighted by atomic mass is 19.1. The molecule has 0 saturated carbocycles. The minimum atomic E-state index is -0.596. The molecule has 4 unspecified atom stereocenters. The Hall–Kier alpha value is -3.76. The van der Waals surface area contributed by atoms with E-state index in [0.29, 0.717) is 17.7 Å². The SMILES string of the molecule is Cc1ccc(N[C@H]2NCC3C=CC=C(c4ccc(F)cc4OC(C)C)C3N2)cc1NC(=O)C1=CCC(C(O)N(C)C)C=C1. The molecule has 1 saturated heterocycles. The molecule has 1 aliphatic heterocycles. The Morgan fingerprint density at radius 3 is 2.70 bits per heavy atom. The summed E-state index contributed by atoms with van der Waals surface area (Å²) in [6, 6.07) is 10.6. The predicted octanol–water partition coefficient (Wildman–Crippen LogP) is 4.77. The van der Waals surface area contributed by atoms with Crippen LogP contribution in [-0.2, 0) is 4.79 Å². The van der Waals surface area contributed by atoms with E-state index >= 15 is 0 Å². The number of allylic oxidation sites excluding steroid dienone is 3. The number of hydrogen-bond acceptors (Lipinski definition) is 7. The maximum atomic E-state index is 14.1. The van der Waals surface area contributed by atoms with Crippen LogP contribution in [0.4, 0.5) is 15.8 Å². The van der Waals surface area contributed by atoms with E-state index < -0.39 is 6.23 Å².